The minimum atomic E-state index is -0.636. The third-order valence-electron chi connectivity index (χ3n) is 6.37. The Morgan fingerprint density at radius 3 is 2.21 bits per heavy atom. The van der Waals surface area contributed by atoms with E-state index >= 15 is 0 Å². The number of nitrogens with zero attached hydrogens (tertiary/aromatic N) is 1. The molecule has 6 nitrogen and oxygen atoms in total. The topological polar surface area (TPSA) is 76.1 Å². The highest BCUT2D eigenvalue weighted by atomic mass is 16.5. The van der Waals surface area contributed by atoms with E-state index in [4.69, 9.17) is 9.47 Å². The summed E-state index contributed by atoms with van der Waals surface area (Å²) in [6, 6.07) is 13.8. The number of ether oxygens (including phenoxy) is 2. The third-order valence-corrected chi connectivity index (χ3v) is 6.37. The standard InChI is InChI=1S/C28H33NO5/c1-4-17-33-22-13-9-19(10-14-22)25-24(27(31)28(32)29(25)21-7-5-6-8-21)26(30)20-11-15-23(16-12-20)34-18(2)3/h9-16,18,21,25,30H,4-8,17H2,1-3H3/b26-24-. The van der Waals surface area contributed by atoms with Gasteiger partial charge in [-0.25, -0.2) is 0 Å². The molecule has 2 fully saturated rings. The molecule has 0 spiro atoms. The summed E-state index contributed by atoms with van der Waals surface area (Å²) < 4.78 is 11.4. The molecule has 0 radical (unpaired) electrons. The van der Waals surface area contributed by atoms with Gasteiger partial charge in [-0.2, -0.15) is 0 Å². The summed E-state index contributed by atoms with van der Waals surface area (Å²) in [4.78, 5) is 28.1. The molecule has 0 bridgehead atoms. The van der Waals surface area contributed by atoms with Crippen molar-refractivity contribution in [3.8, 4) is 11.5 Å². The van der Waals surface area contributed by atoms with Crippen molar-refractivity contribution >= 4 is 17.4 Å². The van der Waals surface area contributed by atoms with Crippen LogP contribution in [0.15, 0.2) is 54.1 Å². The van der Waals surface area contributed by atoms with Gasteiger partial charge in [0.05, 0.1) is 24.3 Å². The van der Waals surface area contributed by atoms with Crippen LogP contribution in [0, 0.1) is 0 Å². The van der Waals surface area contributed by atoms with Crippen molar-refractivity contribution in [3.63, 3.8) is 0 Å². The van der Waals surface area contributed by atoms with Gasteiger partial charge in [-0.3, -0.25) is 9.59 Å². The number of likely N-dealkylation sites (tertiary alicyclic amines) is 1. The smallest absolute Gasteiger partial charge is 0.295 e. The van der Waals surface area contributed by atoms with Crippen LogP contribution in [0.5, 0.6) is 11.5 Å². The Labute approximate surface area is 201 Å². The zero-order valence-corrected chi connectivity index (χ0v) is 20.1. The van der Waals surface area contributed by atoms with Gasteiger partial charge in [-0.05, 0) is 75.1 Å². The first kappa shape index (κ1) is 23.9. The van der Waals surface area contributed by atoms with Gasteiger partial charge >= 0.3 is 0 Å². The van der Waals surface area contributed by atoms with Crippen molar-refractivity contribution in [1.29, 1.82) is 0 Å². The van der Waals surface area contributed by atoms with E-state index in [-0.39, 0.29) is 23.5 Å². The Bertz CT molecular complexity index is 1050. The van der Waals surface area contributed by atoms with Crippen LogP contribution in [0.2, 0.25) is 0 Å². The number of benzene rings is 2. The maximum atomic E-state index is 13.2. The molecular weight excluding hydrogens is 430 g/mol. The molecule has 6 heteroatoms. The van der Waals surface area contributed by atoms with Gasteiger partial charge in [0.2, 0.25) is 0 Å². The number of Topliss-reactive ketones (excluding diaryl/α,β-unsaturated/α-hetero) is 1. The van der Waals surface area contributed by atoms with Crippen molar-refractivity contribution in [2.75, 3.05) is 6.61 Å². The van der Waals surface area contributed by atoms with Crippen LogP contribution in [-0.4, -0.2) is 40.4 Å². The summed E-state index contributed by atoms with van der Waals surface area (Å²) in [5, 5.41) is 11.3. The second kappa shape index (κ2) is 10.3. The van der Waals surface area contributed by atoms with Crippen LogP contribution in [-0.2, 0) is 9.59 Å². The van der Waals surface area contributed by atoms with Crippen LogP contribution < -0.4 is 9.47 Å². The Morgan fingerprint density at radius 2 is 1.62 bits per heavy atom. The number of ketones is 1. The molecule has 1 aliphatic heterocycles. The number of amides is 1. The Hall–Kier alpha value is -3.28. The summed E-state index contributed by atoms with van der Waals surface area (Å²) in [7, 11) is 0. The van der Waals surface area contributed by atoms with Gasteiger partial charge in [0.25, 0.3) is 11.7 Å². The quantitative estimate of drug-likeness (QED) is 0.312. The molecule has 34 heavy (non-hydrogen) atoms. The molecule has 4 rings (SSSR count). The molecule has 1 aliphatic carbocycles. The number of hydrogen-bond acceptors (Lipinski definition) is 5. The Morgan fingerprint density at radius 1 is 1.00 bits per heavy atom. The van der Waals surface area contributed by atoms with E-state index in [0.717, 1.165) is 43.4 Å². The van der Waals surface area contributed by atoms with E-state index in [0.29, 0.717) is 17.9 Å². The lowest BCUT2D eigenvalue weighted by atomic mass is 9.94. The minimum absolute atomic E-state index is 0.00964. The first-order valence-electron chi connectivity index (χ1n) is 12.2. The van der Waals surface area contributed by atoms with E-state index < -0.39 is 17.7 Å². The lowest BCUT2D eigenvalue weighted by Gasteiger charge is -2.30. The number of hydrogen-bond donors (Lipinski definition) is 1. The van der Waals surface area contributed by atoms with Crippen molar-refractivity contribution < 1.29 is 24.2 Å². The summed E-state index contributed by atoms with van der Waals surface area (Å²) in [6.45, 7) is 6.55. The van der Waals surface area contributed by atoms with Gasteiger partial charge in [0.15, 0.2) is 0 Å². The largest absolute Gasteiger partial charge is 0.507 e. The number of carbonyl (C=O) groups is 2. The summed E-state index contributed by atoms with van der Waals surface area (Å²) in [5.74, 6) is 0.0836. The maximum absolute atomic E-state index is 13.2. The monoisotopic (exact) mass is 463 g/mol. The highest BCUT2D eigenvalue weighted by Gasteiger charge is 2.49. The fraction of sp³-hybridized carbons (Fsp3) is 0.429. The molecule has 2 aromatic rings. The molecule has 0 aromatic heterocycles. The summed E-state index contributed by atoms with van der Waals surface area (Å²) in [5.41, 5.74) is 1.40. The third kappa shape index (κ3) is 4.81. The van der Waals surface area contributed by atoms with Crippen molar-refractivity contribution in [2.45, 2.75) is 71.1 Å². The molecule has 1 saturated heterocycles. The molecule has 1 saturated carbocycles. The van der Waals surface area contributed by atoms with Crippen LogP contribution in [0.25, 0.3) is 5.76 Å². The first-order valence-corrected chi connectivity index (χ1v) is 12.2. The van der Waals surface area contributed by atoms with Crippen molar-refractivity contribution in [2.24, 2.45) is 0 Å². The highest BCUT2D eigenvalue weighted by Crippen LogP contribution is 2.43. The van der Waals surface area contributed by atoms with E-state index in [2.05, 4.69) is 0 Å². The highest BCUT2D eigenvalue weighted by molar-refractivity contribution is 6.46. The molecule has 1 N–H and O–H groups in total. The SMILES string of the molecule is CCCOc1ccc(C2/C(=C(/O)c3ccc(OC(C)C)cc3)C(=O)C(=O)N2C2CCCC2)cc1. The minimum Gasteiger partial charge on any atom is -0.507 e. The summed E-state index contributed by atoms with van der Waals surface area (Å²) in [6.07, 6.45) is 4.72. The lowest BCUT2D eigenvalue weighted by Crippen LogP contribution is -2.37. The normalized spacial score (nSPS) is 20.4. The molecule has 180 valence electrons. The number of rotatable bonds is 8. The van der Waals surface area contributed by atoms with E-state index in [1.54, 1.807) is 29.2 Å². The first-order chi connectivity index (χ1) is 16.4. The van der Waals surface area contributed by atoms with Gasteiger partial charge in [0.1, 0.15) is 17.3 Å². The fourth-order valence-electron chi connectivity index (χ4n) is 4.82. The number of aliphatic hydroxyl groups is 1. The van der Waals surface area contributed by atoms with Gasteiger partial charge in [-0.1, -0.05) is 31.9 Å². The second-order valence-electron chi connectivity index (χ2n) is 9.25. The van der Waals surface area contributed by atoms with E-state index in [9.17, 15) is 14.7 Å². The second-order valence-corrected chi connectivity index (χ2v) is 9.25. The number of aliphatic hydroxyl groups excluding tert-OH is 1. The predicted molar refractivity (Wildman–Crippen MR) is 131 cm³/mol. The zero-order valence-electron chi connectivity index (χ0n) is 20.1. The predicted octanol–water partition coefficient (Wildman–Crippen LogP) is 5.63. The number of carbonyl (C=O) groups excluding carboxylic acids is 2. The van der Waals surface area contributed by atoms with E-state index in [1.807, 2.05) is 45.0 Å². The Kier molecular flexibility index (Phi) is 7.25. The van der Waals surface area contributed by atoms with E-state index in [1.165, 1.54) is 0 Å². The molecule has 1 atom stereocenters. The zero-order chi connectivity index (χ0) is 24.2. The molecule has 1 unspecified atom stereocenters. The van der Waals surface area contributed by atoms with Gasteiger partial charge < -0.3 is 19.5 Å². The maximum Gasteiger partial charge on any atom is 0.295 e. The van der Waals surface area contributed by atoms with Crippen LogP contribution in [0.3, 0.4) is 0 Å². The molecular formula is C28H33NO5. The Balaban J connectivity index is 1.75. The molecule has 1 heterocycles. The summed E-state index contributed by atoms with van der Waals surface area (Å²) >= 11 is 0. The average Bonchev–Trinajstić information content (AvgIpc) is 3.44. The van der Waals surface area contributed by atoms with Gasteiger partial charge in [-0.15, -0.1) is 0 Å². The van der Waals surface area contributed by atoms with Crippen molar-refractivity contribution in [1.82, 2.24) is 4.90 Å². The fourth-order valence-corrected chi connectivity index (χ4v) is 4.82. The average molecular weight is 464 g/mol. The molecule has 2 aromatic carbocycles. The lowest BCUT2D eigenvalue weighted by molar-refractivity contribution is -0.141. The van der Waals surface area contributed by atoms with Crippen molar-refractivity contribution in [3.05, 3.63) is 65.2 Å². The molecule has 2 aliphatic rings. The van der Waals surface area contributed by atoms with Crippen LogP contribution >= 0.6 is 0 Å². The van der Waals surface area contributed by atoms with Crippen LogP contribution in [0.1, 0.15) is 70.0 Å². The van der Waals surface area contributed by atoms with Crippen LogP contribution in [0.4, 0.5) is 0 Å². The van der Waals surface area contributed by atoms with Gasteiger partial charge in [0, 0.05) is 11.6 Å². The molecule has 1 amide bonds.